The normalized spacial score (nSPS) is 30.7. The fourth-order valence-electron chi connectivity index (χ4n) is 1.53. The molecule has 1 aliphatic rings. The molecule has 0 amide bonds. The Labute approximate surface area is 94.5 Å². The summed E-state index contributed by atoms with van der Waals surface area (Å²) in [5.74, 6) is 0.689. The van der Waals surface area contributed by atoms with Crippen LogP contribution in [0, 0.1) is 5.92 Å². The van der Waals surface area contributed by atoms with E-state index in [1.807, 2.05) is 0 Å². The van der Waals surface area contributed by atoms with Crippen molar-refractivity contribution in [3.63, 3.8) is 0 Å². The summed E-state index contributed by atoms with van der Waals surface area (Å²) in [7, 11) is 0. The Morgan fingerprint density at radius 3 is 2.85 bits per heavy atom. The minimum absolute atomic E-state index is 0.333. The maximum absolute atomic E-state index is 5.80. The minimum atomic E-state index is 0.333. The van der Waals surface area contributed by atoms with Gasteiger partial charge in [0.2, 0.25) is 0 Å². The zero-order chi connectivity index (χ0) is 9.68. The van der Waals surface area contributed by atoms with Crippen LogP contribution in [-0.2, 0) is 9.47 Å². The molecule has 0 aliphatic carbocycles. The van der Waals surface area contributed by atoms with E-state index >= 15 is 0 Å². The molecule has 0 spiro atoms. The molecule has 1 heterocycles. The molecule has 0 aromatic carbocycles. The highest BCUT2D eigenvalue weighted by molar-refractivity contribution is 14.1. The van der Waals surface area contributed by atoms with Crippen LogP contribution in [0.3, 0.4) is 0 Å². The van der Waals surface area contributed by atoms with Crippen LogP contribution in [0.15, 0.2) is 0 Å². The third kappa shape index (κ3) is 4.13. The first-order valence-corrected chi connectivity index (χ1v) is 6.32. The van der Waals surface area contributed by atoms with Gasteiger partial charge in [-0.2, -0.15) is 0 Å². The summed E-state index contributed by atoms with van der Waals surface area (Å²) in [5, 5.41) is 0. The third-order valence-corrected chi connectivity index (χ3v) is 3.50. The van der Waals surface area contributed by atoms with Crippen molar-refractivity contribution in [2.24, 2.45) is 5.92 Å². The van der Waals surface area contributed by atoms with Crippen LogP contribution in [0.2, 0.25) is 0 Å². The molecule has 1 rings (SSSR count). The van der Waals surface area contributed by atoms with Crippen molar-refractivity contribution >= 4 is 22.6 Å². The SMILES string of the molecule is CCCC(C)COC1COCC1I. The molecule has 0 N–H and O–H groups in total. The van der Waals surface area contributed by atoms with Crippen molar-refractivity contribution in [3.8, 4) is 0 Å². The summed E-state index contributed by atoms with van der Waals surface area (Å²) in [6.07, 6.45) is 2.85. The zero-order valence-corrected chi connectivity index (χ0v) is 10.6. The van der Waals surface area contributed by atoms with Crippen LogP contribution < -0.4 is 0 Å². The molecular weight excluding hydrogens is 279 g/mol. The number of halogens is 1. The lowest BCUT2D eigenvalue weighted by Gasteiger charge is -2.16. The first kappa shape index (κ1) is 11.7. The number of hydrogen-bond donors (Lipinski definition) is 0. The van der Waals surface area contributed by atoms with Gasteiger partial charge >= 0.3 is 0 Å². The van der Waals surface area contributed by atoms with E-state index in [2.05, 4.69) is 36.4 Å². The van der Waals surface area contributed by atoms with Gasteiger partial charge in [0, 0.05) is 6.61 Å². The lowest BCUT2D eigenvalue weighted by atomic mass is 10.1. The fraction of sp³-hybridized carbons (Fsp3) is 1.00. The van der Waals surface area contributed by atoms with Crippen molar-refractivity contribution in [1.29, 1.82) is 0 Å². The van der Waals surface area contributed by atoms with E-state index in [0.29, 0.717) is 15.9 Å². The standard InChI is InChI=1S/C10H19IO2/c1-3-4-8(2)5-13-10-7-12-6-9(10)11/h8-10H,3-7H2,1-2H3. The average Bonchev–Trinajstić information content (AvgIpc) is 2.48. The van der Waals surface area contributed by atoms with Crippen LogP contribution in [0.1, 0.15) is 26.7 Å². The highest BCUT2D eigenvalue weighted by Gasteiger charge is 2.26. The van der Waals surface area contributed by atoms with Crippen molar-refractivity contribution < 1.29 is 9.47 Å². The minimum Gasteiger partial charge on any atom is -0.378 e. The summed E-state index contributed by atoms with van der Waals surface area (Å²) >= 11 is 2.41. The van der Waals surface area contributed by atoms with Crippen LogP contribution in [-0.4, -0.2) is 29.8 Å². The monoisotopic (exact) mass is 298 g/mol. The third-order valence-electron chi connectivity index (χ3n) is 2.34. The van der Waals surface area contributed by atoms with Crippen molar-refractivity contribution in [2.75, 3.05) is 19.8 Å². The van der Waals surface area contributed by atoms with Crippen molar-refractivity contribution in [3.05, 3.63) is 0 Å². The molecule has 2 nitrogen and oxygen atoms in total. The van der Waals surface area contributed by atoms with E-state index in [-0.39, 0.29) is 0 Å². The first-order chi connectivity index (χ1) is 6.24. The topological polar surface area (TPSA) is 18.5 Å². The second kappa shape index (κ2) is 6.19. The number of alkyl halides is 1. The molecule has 0 bridgehead atoms. The molecule has 0 aromatic heterocycles. The van der Waals surface area contributed by atoms with Gasteiger partial charge in [-0.25, -0.2) is 0 Å². The average molecular weight is 298 g/mol. The Kier molecular flexibility index (Phi) is 5.58. The van der Waals surface area contributed by atoms with Gasteiger partial charge in [0.15, 0.2) is 0 Å². The molecule has 1 fully saturated rings. The predicted molar refractivity (Wildman–Crippen MR) is 62.4 cm³/mol. The van der Waals surface area contributed by atoms with Gasteiger partial charge in [0.25, 0.3) is 0 Å². The van der Waals surface area contributed by atoms with Gasteiger partial charge in [-0.3, -0.25) is 0 Å². The Balaban J connectivity index is 2.10. The molecular formula is C10H19IO2. The smallest absolute Gasteiger partial charge is 0.0948 e. The molecule has 1 saturated heterocycles. The Bertz CT molecular complexity index is 141. The lowest BCUT2D eigenvalue weighted by molar-refractivity contribution is 0.0263. The summed E-state index contributed by atoms with van der Waals surface area (Å²) < 4.78 is 11.7. The highest BCUT2D eigenvalue weighted by atomic mass is 127. The summed E-state index contributed by atoms with van der Waals surface area (Å²) in [4.78, 5) is 0. The zero-order valence-electron chi connectivity index (χ0n) is 8.46. The van der Waals surface area contributed by atoms with E-state index in [1.165, 1.54) is 12.8 Å². The van der Waals surface area contributed by atoms with Crippen LogP contribution >= 0.6 is 22.6 Å². The maximum Gasteiger partial charge on any atom is 0.0948 e. The fourth-order valence-corrected chi connectivity index (χ4v) is 2.19. The van der Waals surface area contributed by atoms with E-state index in [0.717, 1.165) is 19.8 Å². The molecule has 78 valence electrons. The van der Waals surface area contributed by atoms with Gasteiger partial charge in [0.1, 0.15) is 0 Å². The van der Waals surface area contributed by atoms with Crippen LogP contribution in [0.25, 0.3) is 0 Å². The van der Waals surface area contributed by atoms with Crippen molar-refractivity contribution in [2.45, 2.75) is 36.7 Å². The Morgan fingerprint density at radius 2 is 2.31 bits per heavy atom. The lowest BCUT2D eigenvalue weighted by Crippen LogP contribution is -2.24. The van der Waals surface area contributed by atoms with Gasteiger partial charge < -0.3 is 9.47 Å². The van der Waals surface area contributed by atoms with E-state index in [1.54, 1.807) is 0 Å². The molecule has 3 atom stereocenters. The van der Waals surface area contributed by atoms with Crippen LogP contribution in [0.4, 0.5) is 0 Å². The van der Waals surface area contributed by atoms with Gasteiger partial charge in [-0.15, -0.1) is 0 Å². The van der Waals surface area contributed by atoms with E-state index in [4.69, 9.17) is 9.47 Å². The Morgan fingerprint density at radius 1 is 1.54 bits per heavy atom. The van der Waals surface area contributed by atoms with E-state index < -0.39 is 0 Å². The summed E-state index contributed by atoms with van der Waals surface area (Å²) in [5.41, 5.74) is 0. The number of rotatable bonds is 5. The number of ether oxygens (including phenoxy) is 2. The molecule has 13 heavy (non-hydrogen) atoms. The summed E-state index contributed by atoms with van der Waals surface area (Å²) in [6, 6.07) is 0. The van der Waals surface area contributed by atoms with E-state index in [9.17, 15) is 0 Å². The van der Waals surface area contributed by atoms with Crippen molar-refractivity contribution in [1.82, 2.24) is 0 Å². The number of hydrogen-bond acceptors (Lipinski definition) is 2. The maximum atomic E-state index is 5.80. The quantitative estimate of drug-likeness (QED) is 0.574. The van der Waals surface area contributed by atoms with Gasteiger partial charge in [-0.1, -0.05) is 42.9 Å². The first-order valence-electron chi connectivity index (χ1n) is 5.07. The summed E-state index contributed by atoms with van der Waals surface area (Å²) in [6.45, 7) is 7.00. The molecule has 0 saturated carbocycles. The second-order valence-corrected chi connectivity index (χ2v) is 5.42. The second-order valence-electron chi connectivity index (χ2n) is 3.82. The van der Waals surface area contributed by atoms with Gasteiger partial charge in [-0.05, 0) is 12.3 Å². The largest absolute Gasteiger partial charge is 0.378 e. The molecule has 1 aliphatic heterocycles. The predicted octanol–water partition coefficient (Wildman–Crippen LogP) is 2.64. The highest BCUT2D eigenvalue weighted by Crippen LogP contribution is 2.19. The molecule has 0 radical (unpaired) electrons. The molecule has 3 unspecified atom stereocenters. The molecule has 0 aromatic rings. The Hall–Kier alpha value is 0.650. The molecule has 3 heteroatoms. The van der Waals surface area contributed by atoms with Crippen LogP contribution in [0.5, 0.6) is 0 Å². The van der Waals surface area contributed by atoms with Gasteiger partial charge in [0.05, 0.1) is 23.2 Å².